The highest BCUT2D eigenvalue weighted by molar-refractivity contribution is 5.74. The van der Waals surface area contributed by atoms with Crippen molar-refractivity contribution in [3.63, 3.8) is 0 Å². The lowest BCUT2D eigenvalue weighted by atomic mass is 9.86. The SMILES string of the molecule is Cc1ccnc2c1-c1ccccc1CC2. The highest BCUT2D eigenvalue weighted by Gasteiger charge is 2.17. The van der Waals surface area contributed by atoms with E-state index in [0.717, 1.165) is 12.8 Å². The van der Waals surface area contributed by atoms with Gasteiger partial charge in [-0.3, -0.25) is 4.98 Å². The van der Waals surface area contributed by atoms with Crippen molar-refractivity contribution in [2.24, 2.45) is 0 Å². The number of fused-ring (bicyclic) bond motifs is 3. The van der Waals surface area contributed by atoms with Gasteiger partial charge in [-0.25, -0.2) is 0 Å². The maximum atomic E-state index is 4.48. The molecule has 0 amide bonds. The zero-order chi connectivity index (χ0) is 10.3. The quantitative estimate of drug-likeness (QED) is 0.629. The topological polar surface area (TPSA) is 12.9 Å². The summed E-state index contributed by atoms with van der Waals surface area (Å²) in [7, 11) is 0. The van der Waals surface area contributed by atoms with Gasteiger partial charge in [0.05, 0.1) is 0 Å². The first-order valence-corrected chi connectivity index (χ1v) is 5.39. The first-order chi connectivity index (χ1) is 7.36. The van der Waals surface area contributed by atoms with Gasteiger partial charge in [0, 0.05) is 17.5 Å². The van der Waals surface area contributed by atoms with Crippen LogP contribution in [0.15, 0.2) is 36.5 Å². The molecule has 1 nitrogen and oxygen atoms in total. The van der Waals surface area contributed by atoms with E-state index in [2.05, 4.69) is 42.2 Å². The molecule has 0 spiro atoms. The Balaban J connectivity index is 2.33. The number of nitrogens with zero attached hydrogens (tertiary/aromatic N) is 1. The summed E-state index contributed by atoms with van der Waals surface area (Å²) in [6.07, 6.45) is 4.12. The summed E-state index contributed by atoms with van der Waals surface area (Å²) >= 11 is 0. The van der Waals surface area contributed by atoms with E-state index in [-0.39, 0.29) is 0 Å². The van der Waals surface area contributed by atoms with Gasteiger partial charge in [-0.05, 0) is 42.5 Å². The van der Waals surface area contributed by atoms with Gasteiger partial charge in [0.1, 0.15) is 0 Å². The lowest BCUT2D eigenvalue weighted by molar-refractivity contribution is 0.892. The van der Waals surface area contributed by atoms with E-state index in [9.17, 15) is 0 Å². The first kappa shape index (κ1) is 8.66. The molecule has 0 aliphatic heterocycles. The Morgan fingerprint density at radius 3 is 2.87 bits per heavy atom. The van der Waals surface area contributed by atoms with Gasteiger partial charge in [0.2, 0.25) is 0 Å². The second-order valence-electron chi connectivity index (χ2n) is 4.11. The highest BCUT2D eigenvalue weighted by atomic mass is 14.7. The first-order valence-electron chi connectivity index (χ1n) is 5.39. The van der Waals surface area contributed by atoms with Crippen LogP contribution in [-0.2, 0) is 12.8 Å². The molecule has 0 radical (unpaired) electrons. The molecule has 1 heterocycles. The van der Waals surface area contributed by atoms with E-state index in [1.165, 1.54) is 27.9 Å². The van der Waals surface area contributed by atoms with E-state index in [0.29, 0.717) is 0 Å². The molecule has 0 N–H and O–H groups in total. The molecule has 74 valence electrons. The third kappa shape index (κ3) is 1.27. The van der Waals surface area contributed by atoms with Crippen LogP contribution >= 0.6 is 0 Å². The normalized spacial score (nSPS) is 13.1. The van der Waals surface area contributed by atoms with Crippen LogP contribution in [0.5, 0.6) is 0 Å². The number of rotatable bonds is 0. The standard InChI is InChI=1S/C14H13N/c1-10-8-9-15-13-7-6-11-4-2-3-5-12(11)14(10)13/h2-5,8-9H,6-7H2,1H3. The average Bonchev–Trinajstić information content (AvgIpc) is 2.29. The number of aromatic nitrogens is 1. The maximum absolute atomic E-state index is 4.48. The minimum atomic E-state index is 1.08. The van der Waals surface area contributed by atoms with Crippen LogP contribution in [0.1, 0.15) is 16.8 Å². The van der Waals surface area contributed by atoms with Gasteiger partial charge in [-0.2, -0.15) is 0 Å². The number of hydrogen-bond donors (Lipinski definition) is 0. The number of aryl methyl sites for hydroxylation is 3. The van der Waals surface area contributed by atoms with Crippen molar-refractivity contribution in [2.45, 2.75) is 19.8 Å². The molecule has 1 aliphatic rings. The van der Waals surface area contributed by atoms with Gasteiger partial charge in [0.15, 0.2) is 0 Å². The Hall–Kier alpha value is -1.63. The van der Waals surface area contributed by atoms with Gasteiger partial charge in [-0.1, -0.05) is 24.3 Å². The summed E-state index contributed by atoms with van der Waals surface area (Å²) in [4.78, 5) is 4.48. The van der Waals surface area contributed by atoms with Crippen molar-refractivity contribution in [1.82, 2.24) is 4.98 Å². The van der Waals surface area contributed by atoms with Crippen molar-refractivity contribution >= 4 is 0 Å². The predicted octanol–water partition coefficient (Wildman–Crippen LogP) is 3.16. The maximum Gasteiger partial charge on any atom is 0.0487 e. The van der Waals surface area contributed by atoms with E-state index < -0.39 is 0 Å². The van der Waals surface area contributed by atoms with Crippen LogP contribution in [0.4, 0.5) is 0 Å². The summed E-state index contributed by atoms with van der Waals surface area (Å²) in [5, 5.41) is 0. The van der Waals surface area contributed by atoms with Crippen LogP contribution in [-0.4, -0.2) is 4.98 Å². The Morgan fingerprint density at radius 2 is 1.93 bits per heavy atom. The van der Waals surface area contributed by atoms with Gasteiger partial charge in [-0.15, -0.1) is 0 Å². The Labute approximate surface area is 89.8 Å². The van der Waals surface area contributed by atoms with Crippen molar-refractivity contribution in [3.05, 3.63) is 53.3 Å². The molecule has 1 aromatic heterocycles. The zero-order valence-corrected chi connectivity index (χ0v) is 8.83. The minimum absolute atomic E-state index is 1.08. The molecule has 1 aromatic carbocycles. The van der Waals surface area contributed by atoms with Crippen molar-refractivity contribution in [1.29, 1.82) is 0 Å². The Kier molecular flexibility index (Phi) is 1.84. The molecular formula is C14H13N. The average molecular weight is 195 g/mol. The van der Waals surface area contributed by atoms with Crippen molar-refractivity contribution in [3.8, 4) is 11.1 Å². The molecule has 1 aliphatic carbocycles. The largest absolute Gasteiger partial charge is 0.261 e. The molecule has 0 saturated heterocycles. The summed E-state index contributed by atoms with van der Waals surface area (Å²) in [5.41, 5.74) is 6.80. The molecule has 0 atom stereocenters. The van der Waals surface area contributed by atoms with E-state index in [1.54, 1.807) is 0 Å². The third-order valence-electron chi connectivity index (χ3n) is 3.16. The predicted molar refractivity (Wildman–Crippen MR) is 61.8 cm³/mol. The molecule has 0 fully saturated rings. The summed E-state index contributed by atoms with van der Waals surface area (Å²) in [5.74, 6) is 0. The van der Waals surface area contributed by atoms with Crippen LogP contribution in [0.2, 0.25) is 0 Å². The lowest BCUT2D eigenvalue weighted by Gasteiger charge is -2.20. The summed E-state index contributed by atoms with van der Waals surface area (Å²) in [6, 6.07) is 10.8. The zero-order valence-electron chi connectivity index (χ0n) is 8.83. The minimum Gasteiger partial charge on any atom is -0.261 e. The van der Waals surface area contributed by atoms with Gasteiger partial charge < -0.3 is 0 Å². The van der Waals surface area contributed by atoms with E-state index in [4.69, 9.17) is 0 Å². The van der Waals surface area contributed by atoms with Crippen molar-refractivity contribution < 1.29 is 0 Å². The Bertz CT molecular complexity index is 514. The molecule has 0 saturated carbocycles. The molecule has 0 unspecified atom stereocenters. The lowest BCUT2D eigenvalue weighted by Crippen LogP contribution is -2.06. The fourth-order valence-electron chi connectivity index (χ4n) is 2.41. The molecule has 3 rings (SSSR count). The second kappa shape index (κ2) is 3.20. The summed E-state index contributed by atoms with van der Waals surface area (Å²) in [6.45, 7) is 2.17. The third-order valence-corrected chi connectivity index (χ3v) is 3.16. The second-order valence-corrected chi connectivity index (χ2v) is 4.11. The number of benzene rings is 1. The Morgan fingerprint density at radius 1 is 1.07 bits per heavy atom. The molecule has 2 aromatic rings. The van der Waals surface area contributed by atoms with Crippen LogP contribution in [0.3, 0.4) is 0 Å². The molecular weight excluding hydrogens is 182 g/mol. The van der Waals surface area contributed by atoms with Crippen LogP contribution < -0.4 is 0 Å². The van der Waals surface area contributed by atoms with Gasteiger partial charge >= 0.3 is 0 Å². The monoisotopic (exact) mass is 195 g/mol. The summed E-state index contributed by atoms with van der Waals surface area (Å²) < 4.78 is 0. The number of pyridine rings is 1. The van der Waals surface area contributed by atoms with Gasteiger partial charge in [0.25, 0.3) is 0 Å². The highest BCUT2D eigenvalue weighted by Crippen LogP contribution is 2.34. The fourth-order valence-corrected chi connectivity index (χ4v) is 2.41. The van der Waals surface area contributed by atoms with Crippen LogP contribution in [0, 0.1) is 6.92 Å². The van der Waals surface area contributed by atoms with E-state index in [1.807, 2.05) is 6.20 Å². The van der Waals surface area contributed by atoms with Crippen LogP contribution in [0.25, 0.3) is 11.1 Å². The smallest absolute Gasteiger partial charge is 0.0487 e. The van der Waals surface area contributed by atoms with E-state index >= 15 is 0 Å². The molecule has 15 heavy (non-hydrogen) atoms. The molecule has 0 bridgehead atoms. The fraction of sp³-hybridized carbons (Fsp3) is 0.214. The molecule has 1 heteroatoms. The van der Waals surface area contributed by atoms with Crippen molar-refractivity contribution in [2.75, 3.05) is 0 Å². The number of hydrogen-bond acceptors (Lipinski definition) is 1.